The van der Waals surface area contributed by atoms with Gasteiger partial charge in [0.05, 0.1) is 23.3 Å². The van der Waals surface area contributed by atoms with Crippen LogP contribution in [0, 0.1) is 0 Å². The second-order valence-electron chi connectivity index (χ2n) is 5.80. The summed E-state index contributed by atoms with van der Waals surface area (Å²) >= 11 is 0. The van der Waals surface area contributed by atoms with Crippen LogP contribution in [0.5, 0.6) is 0 Å². The molecule has 0 fully saturated rings. The number of para-hydroxylation sites is 2. The summed E-state index contributed by atoms with van der Waals surface area (Å²) in [5, 5.41) is 6.64. The Labute approximate surface area is 138 Å². The first-order valence-electron chi connectivity index (χ1n) is 7.75. The number of hydrogen-bond donors (Lipinski definition) is 2. The number of rotatable bonds is 2. The van der Waals surface area contributed by atoms with Gasteiger partial charge in [-0.15, -0.1) is 0 Å². The lowest BCUT2D eigenvalue weighted by molar-refractivity contribution is -0.123. The van der Waals surface area contributed by atoms with Gasteiger partial charge in [0.15, 0.2) is 0 Å². The monoisotopic (exact) mass is 317 g/mol. The highest BCUT2D eigenvalue weighted by atomic mass is 16.2. The number of nitrogens with one attached hydrogen (secondary N) is 2. The maximum Gasteiger partial charge on any atom is 0.232 e. The Morgan fingerprint density at radius 2 is 1.92 bits per heavy atom. The van der Waals surface area contributed by atoms with Gasteiger partial charge in [0, 0.05) is 17.5 Å². The van der Waals surface area contributed by atoms with E-state index in [1.165, 1.54) is 0 Å². The van der Waals surface area contributed by atoms with Crippen molar-refractivity contribution < 1.29 is 9.59 Å². The molecule has 3 aromatic rings. The van der Waals surface area contributed by atoms with Crippen molar-refractivity contribution in [3.05, 3.63) is 66.4 Å². The van der Waals surface area contributed by atoms with Crippen LogP contribution < -0.4 is 10.6 Å². The van der Waals surface area contributed by atoms with Gasteiger partial charge in [-0.25, -0.2) is 0 Å². The average molecular weight is 317 g/mol. The van der Waals surface area contributed by atoms with Gasteiger partial charge >= 0.3 is 0 Å². The van der Waals surface area contributed by atoms with E-state index in [0.717, 1.165) is 16.5 Å². The lowest BCUT2D eigenvalue weighted by Crippen LogP contribution is -2.30. The SMILES string of the molecule is O=C1CC(C(=O)Nc2cnc3ccccc3c2)c2ccccc2N1. The number of aromatic nitrogens is 1. The Morgan fingerprint density at radius 1 is 1.12 bits per heavy atom. The van der Waals surface area contributed by atoms with E-state index in [-0.39, 0.29) is 18.2 Å². The molecule has 2 amide bonds. The van der Waals surface area contributed by atoms with E-state index >= 15 is 0 Å². The van der Waals surface area contributed by atoms with Gasteiger partial charge in [0.1, 0.15) is 0 Å². The summed E-state index contributed by atoms with van der Waals surface area (Å²) in [6.07, 6.45) is 1.78. The maximum absolute atomic E-state index is 12.7. The van der Waals surface area contributed by atoms with Crippen molar-refractivity contribution in [3.8, 4) is 0 Å². The first-order valence-corrected chi connectivity index (χ1v) is 7.75. The minimum atomic E-state index is -0.499. The summed E-state index contributed by atoms with van der Waals surface area (Å²) in [5.74, 6) is -0.846. The molecule has 2 aromatic carbocycles. The number of fused-ring (bicyclic) bond motifs is 2. The highest BCUT2D eigenvalue weighted by Crippen LogP contribution is 2.32. The summed E-state index contributed by atoms with van der Waals surface area (Å²) in [6, 6.07) is 17.0. The zero-order valence-corrected chi connectivity index (χ0v) is 12.8. The lowest BCUT2D eigenvalue weighted by atomic mass is 9.90. The molecule has 1 aliphatic heterocycles. The van der Waals surface area contributed by atoms with Crippen LogP contribution in [-0.4, -0.2) is 16.8 Å². The number of pyridine rings is 1. The van der Waals surface area contributed by atoms with Crippen LogP contribution in [0.15, 0.2) is 60.8 Å². The molecular weight excluding hydrogens is 302 g/mol. The highest BCUT2D eigenvalue weighted by Gasteiger charge is 2.30. The Balaban J connectivity index is 1.62. The van der Waals surface area contributed by atoms with Gasteiger partial charge in [0.25, 0.3) is 0 Å². The molecule has 0 saturated carbocycles. The topological polar surface area (TPSA) is 71.1 Å². The minimum absolute atomic E-state index is 0.143. The number of anilines is 2. The largest absolute Gasteiger partial charge is 0.326 e. The standard InChI is InChI=1S/C19H15N3O2/c23-18-10-15(14-6-2-4-8-17(14)22-18)19(24)21-13-9-12-5-1-3-7-16(12)20-11-13/h1-9,11,15H,10H2,(H,21,24)(H,22,23). The Bertz CT molecular complexity index is 952. The molecule has 118 valence electrons. The number of carbonyl (C=O) groups is 2. The average Bonchev–Trinajstić information content (AvgIpc) is 2.60. The molecule has 0 saturated heterocycles. The van der Waals surface area contributed by atoms with Crippen LogP contribution in [0.1, 0.15) is 17.9 Å². The first-order chi connectivity index (χ1) is 11.7. The van der Waals surface area contributed by atoms with Crippen molar-refractivity contribution in [1.29, 1.82) is 0 Å². The summed E-state index contributed by atoms with van der Waals surface area (Å²) in [5.41, 5.74) is 3.04. The van der Waals surface area contributed by atoms with Crippen molar-refractivity contribution >= 4 is 34.1 Å². The van der Waals surface area contributed by atoms with Crippen LogP contribution in [0.4, 0.5) is 11.4 Å². The van der Waals surface area contributed by atoms with Crippen LogP contribution in [0.3, 0.4) is 0 Å². The third-order valence-electron chi connectivity index (χ3n) is 4.17. The van der Waals surface area contributed by atoms with E-state index in [1.807, 2.05) is 54.6 Å². The maximum atomic E-state index is 12.7. The fourth-order valence-electron chi connectivity index (χ4n) is 3.01. The Kier molecular flexibility index (Phi) is 3.46. The smallest absolute Gasteiger partial charge is 0.232 e. The molecule has 4 rings (SSSR count). The molecule has 5 heteroatoms. The summed E-state index contributed by atoms with van der Waals surface area (Å²) in [7, 11) is 0. The zero-order valence-electron chi connectivity index (χ0n) is 12.8. The molecule has 0 bridgehead atoms. The van der Waals surface area contributed by atoms with Crippen LogP contribution in [0.25, 0.3) is 10.9 Å². The van der Waals surface area contributed by atoms with Gasteiger partial charge in [-0.3, -0.25) is 14.6 Å². The highest BCUT2D eigenvalue weighted by molar-refractivity contribution is 6.05. The number of carbonyl (C=O) groups excluding carboxylic acids is 2. The molecule has 5 nitrogen and oxygen atoms in total. The molecular formula is C19H15N3O2. The fraction of sp³-hybridized carbons (Fsp3) is 0.105. The third kappa shape index (κ3) is 2.60. The Hall–Kier alpha value is -3.21. The van der Waals surface area contributed by atoms with Gasteiger partial charge in [-0.1, -0.05) is 36.4 Å². The van der Waals surface area contributed by atoms with E-state index in [4.69, 9.17) is 0 Å². The lowest BCUT2D eigenvalue weighted by Gasteiger charge is -2.24. The quantitative estimate of drug-likeness (QED) is 0.762. The number of amides is 2. The number of hydrogen-bond acceptors (Lipinski definition) is 3. The van der Waals surface area contributed by atoms with Crippen molar-refractivity contribution in [2.24, 2.45) is 0 Å². The summed E-state index contributed by atoms with van der Waals surface area (Å²) in [6.45, 7) is 0. The predicted octanol–water partition coefficient (Wildman–Crippen LogP) is 3.30. The summed E-state index contributed by atoms with van der Waals surface area (Å²) in [4.78, 5) is 28.9. The normalized spacial score (nSPS) is 16.3. The van der Waals surface area contributed by atoms with Crippen LogP contribution in [-0.2, 0) is 9.59 Å². The molecule has 1 unspecified atom stereocenters. The van der Waals surface area contributed by atoms with Gasteiger partial charge in [-0.2, -0.15) is 0 Å². The van der Waals surface area contributed by atoms with E-state index in [9.17, 15) is 9.59 Å². The van der Waals surface area contributed by atoms with E-state index in [1.54, 1.807) is 6.20 Å². The predicted molar refractivity (Wildman–Crippen MR) is 92.8 cm³/mol. The Morgan fingerprint density at radius 3 is 2.83 bits per heavy atom. The second-order valence-corrected chi connectivity index (χ2v) is 5.80. The molecule has 1 aliphatic rings. The first kappa shape index (κ1) is 14.4. The second kappa shape index (κ2) is 5.77. The van der Waals surface area contributed by atoms with Gasteiger partial charge in [-0.05, 0) is 23.8 Å². The van der Waals surface area contributed by atoms with Gasteiger partial charge < -0.3 is 10.6 Å². The third-order valence-corrected chi connectivity index (χ3v) is 4.17. The molecule has 0 aliphatic carbocycles. The fourth-order valence-corrected chi connectivity index (χ4v) is 3.01. The van der Waals surface area contributed by atoms with E-state index in [2.05, 4.69) is 15.6 Å². The molecule has 24 heavy (non-hydrogen) atoms. The summed E-state index contributed by atoms with van der Waals surface area (Å²) < 4.78 is 0. The van der Waals surface area contributed by atoms with Crippen LogP contribution in [0.2, 0.25) is 0 Å². The molecule has 1 aromatic heterocycles. The molecule has 1 atom stereocenters. The minimum Gasteiger partial charge on any atom is -0.326 e. The molecule has 0 radical (unpaired) electrons. The molecule has 2 heterocycles. The van der Waals surface area contributed by atoms with Crippen LogP contribution >= 0.6 is 0 Å². The van der Waals surface area contributed by atoms with E-state index < -0.39 is 5.92 Å². The van der Waals surface area contributed by atoms with Crippen molar-refractivity contribution in [1.82, 2.24) is 4.98 Å². The van der Waals surface area contributed by atoms with E-state index in [0.29, 0.717) is 11.4 Å². The molecule has 0 spiro atoms. The zero-order chi connectivity index (χ0) is 16.5. The van der Waals surface area contributed by atoms with Crippen molar-refractivity contribution in [2.75, 3.05) is 10.6 Å². The number of benzene rings is 2. The molecule has 2 N–H and O–H groups in total. The number of nitrogens with zero attached hydrogens (tertiary/aromatic N) is 1. The van der Waals surface area contributed by atoms with Crippen molar-refractivity contribution in [2.45, 2.75) is 12.3 Å². The van der Waals surface area contributed by atoms with Gasteiger partial charge in [0.2, 0.25) is 11.8 Å². The van der Waals surface area contributed by atoms with Crippen molar-refractivity contribution in [3.63, 3.8) is 0 Å².